The van der Waals surface area contributed by atoms with Crippen LogP contribution in [0.2, 0.25) is 0 Å². The Kier molecular flexibility index (Phi) is 6.88. The third kappa shape index (κ3) is 6.48. The third-order valence-electron chi connectivity index (χ3n) is 2.73. The molecule has 18 heteroatoms. The number of phosphoric ester groups is 3. The van der Waals surface area contributed by atoms with Crippen molar-refractivity contribution in [2.24, 2.45) is 0 Å². The molecule has 0 aromatic carbocycles. The molecule has 1 fully saturated rings. The van der Waals surface area contributed by atoms with E-state index in [1.54, 1.807) is 0 Å². The van der Waals surface area contributed by atoms with E-state index in [-0.39, 0.29) is 0 Å². The summed E-state index contributed by atoms with van der Waals surface area (Å²) in [5.74, 6) is 0. The van der Waals surface area contributed by atoms with Crippen LogP contribution in [0.5, 0.6) is 0 Å². The summed E-state index contributed by atoms with van der Waals surface area (Å²) in [6, 6.07) is 0. The lowest BCUT2D eigenvalue weighted by molar-refractivity contribution is -0.369. The average Bonchev–Trinajstić information content (AvgIpc) is 2.32. The van der Waals surface area contributed by atoms with Crippen LogP contribution in [0, 0.1) is 0 Å². The van der Waals surface area contributed by atoms with Gasteiger partial charge in [-0.2, -0.15) is 0 Å². The molecule has 0 bridgehead atoms. The number of hydrogen-bond acceptors (Lipinski definition) is 14. The first kappa shape index (κ1) is 22.2. The number of phosphoric acid groups is 3. The molecule has 0 aromatic heterocycles. The van der Waals surface area contributed by atoms with Gasteiger partial charge in [0.15, 0.2) is 6.17 Å². The SMILES string of the molecule is O=P([O-])([O-])OC1C(O)C(O)C(OP(=O)([O-])[O-])C(OP(=O)([O-])[O-])C1F. The van der Waals surface area contributed by atoms with Crippen LogP contribution in [0.25, 0.3) is 0 Å². The molecule has 0 aliphatic heterocycles. The van der Waals surface area contributed by atoms with Gasteiger partial charge < -0.3 is 66.8 Å². The highest BCUT2D eigenvalue weighted by atomic mass is 31.2. The molecule has 6 unspecified atom stereocenters. The molecule has 1 aliphatic rings. The van der Waals surface area contributed by atoms with Crippen LogP contribution in [0.15, 0.2) is 0 Å². The van der Waals surface area contributed by atoms with Crippen molar-refractivity contribution in [3.63, 3.8) is 0 Å². The number of aliphatic hydroxyl groups is 2. The van der Waals surface area contributed by atoms with E-state index in [2.05, 4.69) is 13.6 Å². The average molecular weight is 416 g/mol. The van der Waals surface area contributed by atoms with Crippen molar-refractivity contribution < 1.29 is 71.2 Å². The standard InChI is InChI=1S/C6H14FO14P3/c7-1-4(19-22(10,11)12)2(8)3(9)6(21-24(16,17)18)5(1)20-23(13,14)15/h1-6,8-9H,(H2,10,11,12)(H2,13,14,15)(H2,16,17,18)/p-6. The molecule has 1 rings (SSSR count). The van der Waals surface area contributed by atoms with Crippen molar-refractivity contribution >= 4 is 23.5 Å². The number of hydrogen-bond donors (Lipinski definition) is 2. The minimum atomic E-state index is -6.09. The topological polar surface area (TPSA) is 258 Å². The molecule has 2 N–H and O–H groups in total. The number of halogens is 1. The maximum Gasteiger partial charge on any atom is 0.158 e. The van der Waals surface area contributed by atoms with Crippen LogP contribution in [-0.2, 0) is 27.3 Å². The Morgan fingerprint density at radius 2 is 0.958 bits per heavy atom. The first-order valence-corrected chi connectivity index (χ1v) is 10.0. The predicted molar refractivity (Wildman–Crippen MR) is 54.3 cm³/mol. The minimum absolute atomic E-state index is 2.66. The van der Waals surface area contributed by atoms with Crippen molar-refractivity contribution in [2.45, 2.75) is 36.7 Å². The van der Waals surface area contributed by atoms with Crippen molar-refractivity contribution in [1.29, 1.82) is 0 Å². The van der Waals surface area contributed by atoms with Crippen LogP contribution < -0.4 is 29.4 Å². The van der Waals surface area contributed by atoms with Gasteiger partial charge >= 0.3 is 0 Å². The molecule has 0 spiro atoms. The van der Waals surface area contributed by atoms with Gasteiger partial charge in [0.1, 0.15) is 30.5 Å². The van der Waals surface area contributed by atoms with E-state index in [1.807, 2.05) is 0 Å². The summed E-state index contributed by atoms with van der Waals surface area (Å²) in [4.78, 5) is 63.3. The van der Waals surface area contributed by atoms with Gasteiger partial charge in [0.05, 0.1) is 23.5 Å². The first-order chi connectivity index (χ1) is 10.5. The highest BCUT2D eigenvalue weighted by molar-refractivity contribution is 7.43. The van der Waals surface area contributed by atoms with E-state index in [4.69, 9.17) is 0 Å². The Bertz CT molecular complexity index is 579. The zero-order valence-corrected chi connectivity index (χ0v) is 13.7. The van der Waals surface area contributed by atoms with Gasteiger partial charge in [-0.3, -0.25) is 0 Å². The van der Waals surface area contributed by atoms with Gasteiger partial charge in [-0.15, -0.1) is 0 Å². The monoisotopic (exact) mass is 416 g/mol. The summed E-state index contributed by atoms with van der Waals surface area (Å²) in [6.07, 6.45) is -16.9. The van der Waals surface area contributed by atoms with E-state index >= 15 is 0 Å². The molecule has 0 amide bonds. The summed E-state index contributed by atoms with van der Waals surface area (Å²) >= 11 is 0. The van der Waals surface area contributed by atoms with Crippen molar-refractivity contribution in [1.82, 2.24) is 0 Å². The lowest BCUT2D eigenvalue weighted by Gasteiger charge is -2.50. The molecule has 1 saturated carbocycles. The Balaban J connectivity index is 3.23. The number of rotatable bonds is 6. The van der Waals surface area contributed by atoms with Gasteiger partial charge in [0.25, 0.3) is 0 Å². The van der Waals surface area contributed by atoms with Crippen LogP contribution in [0.1, 0.15) is 0 Å². The summed E-state index contributed by atoms with van der Waals surface area (Å²) in [5.41, 5.74) is 0. The van der Waals surface area contributed by atoms with Gasteiger partial charge in [-0.05, 0) is 0 Å². The van der Waals surface area contributed by atoms with E-state index in [9.17, 15) is 57.7 Å². The predicted octanol–water partition coefficient (Wildman–Crippen LogP) is -6.30. The fourth-order valence-electron chi connectivity index (χ4n) is 1.95. The zero-order chi connectivity index (χ0) is 19.1. The summed E-state index contributed by atoms with van der Waals surface area (Å²) in [7, 11) is -18.1. The summed E-state index contributed by atoms with van der Waals surface area (Å²) in [6.45, 7) is 0. The molecule has 1 aliphatic carbocycles. The lowest BCUT2D eigenvalue weighted by atomic mass is 9.86. The summed E-state index contributed by atoms with van der Waals surface area (Å²) < 4.78 is 56.6. The second kappa shape index (κ2) is 7.43. The Morgan fingerprint density at radius 3 is 1.33 bits per heavy atom. The van der Waals surface area contributed by atoms with Crippen molar-refractivity contribution in [3.8, 4) is 0 Å². The molecule has 0 aromatic rings. The zero-order valence-electron chi connectivity index (χ0n) is 11.0. The first-order valence-electron chi connectivity index (χ1n) is 5.63. The quantitative estimate of drug-likeness (QED) is 0.382. The Hall–Kier alpha value is 0.180. The molecule has 24 heavy (non-hydrogen) atoms. The molecule has 0 saturated heterocycles. The second-order valence-corrected chi connectivity index (χ2v) is 7.79. The van der Waals surface area contributed by atoms with Gasteiger partial charge in [-0.1, -0.05) is 0 Å². The van der Waals surface area contributed by atoms with E-state index in [0.29, 0.717) is 0 Å². The highest BCUT2D eigenvalue weighted by Gasteiger charge is 2.53. The number of alkyl halides is 1. The van der Waals surface area contributed by atoms with Crippen LogP contribution >= 0.6 is 23.5 Å². The minimum Gasteiger partial charge on any atom is -0.790 e. The van der Waals surface area contributed by atoms with Gasteiger partial charge in [0, 0.05) is 0 Å². The van der Waals surface area contributed by atoms with Crippen LogP contribution in [0.3, 0.4) is 0 Å². The van der Waals surface area contributed by atoms with Crippen LogP contribution in [-0.4, -0.2) is 46.9 Å². The molecule has 0 radical (unpaired) electrons. The van der Waals surface area contributed by atoms with Crippen LogP contribution in [0.4, 0.5) is 4.39 Å². The Morgan fingerprint density at radius 1 is 0.667 bits per heavy atom. The smallest absolute Gasteiger partial charge is 0.158 e. The highest BCUT2D eigenvalue weighted by Crippen LogP contribution is 2.44. The molecule has 14 nitrogen and oxygen atoms in total. The van der Waals surface area contributed by atoms with Crippen molar-refractivity contribution in [2.75, 3.05) is 0 Å². The number of aliphatic hydroxyl groups excluding tert-OH is 2. The normalized spacial score (nSPS) is 35.9. The van der Waals surface area contributed by atoms with E-state index in [0.717, 1.165) is 0 Å². The largest absolute Gasteiger partial charge is 0.790 e. The lowest BCUT2D eigenvalue weighted by Crippen LogP contribution is -2.64. The van der Waals surface area contributed by atoms with Crippen molar-refractivity contribution in [3.05, 3.63) is 0 Å². The molecular weight excluding hydrogens is 408 g/mol. The Labute approximate surface area is 132 Å². The fraction of sp³-hybridized carbons (Fsp3) is 1.00. The molecule has 144 valence electrons. The molecule has 6 atom stereocenters. The van der Waals surface area contributed by atoms with Gasteiger partial charge in [-0.25, -0.2) is 4.39 Å². The maximum atomic E-state index is 14.1. The fourth-order valence-corrected chi connectivity index (χ4v) is 3.56. The third-order valence-corrected chi connectivity index (χ3v) is 4.23. The van der Waals surface area contributed by atoms with E-state index < -0.39 is 60.2 Å². The molecule has 0 heterocycles. The second-order valence-electron chi connectivity index (χ2n) is 4.48. The summed E-state index contributed by atoms with van der Waals surface area (Å²) in [5, 5.41) is 19.1. The molecular formula is C6H8FO14P3-6. The van der Waals surface area contributed by atoms with Gasteiger partial charge in [0.2, 0.25) is 0 Å². The van der Waals surface area contributed by atoms with E-state index in [1.165, 1.54) is 0 Å². The maximum absolute atomic E-state index is 14.1.